The van der Waals surface area contributed by atoms with E-state index in [0.29, 0.717) is 42.9 Å². The molecule has 0 atom stereocenters. The molecule has 2 heterocycles. The second kappa shape index (κ2) is 8.66. The number of rotatable bonds is 5. The zero-order chi connectivity index (χ0) is 24.0. The molecule has 5 aromatic rings. The summed E-state index contributed by atoms with van der Waals surface area (Å²) in [6, 6.07) is 17.2. The summed E-state index contributed by atoms with van der Waals surface area (Å²) >= 11 is 9.50. The lowest BCUT2D eigenvalue weighted by atomic mass is 10.1. The first kappa shape index (κ1) is 22.3. The van der Waals surface area contributed by atoms with E-state index in [0.717, 1.165) is 5.39 Å². The largest absolute Gasteiger partial charge is 0.496 e. The van der Waals surface area contributed by atoms with Crippen LogP contribution in [0.3, 0.4) is 0 Å². The van der Waals surface area contributed by atoms with Crippen LogP contribution < -0.4 is 10.1 Å². The Morgan fingerprint density at radius 3 is 2.44 bits per heavy atom. The summed E-state index contributed by atoms with van der Waals surface area (Å²) in [4.78, 5) is 26.7. The average Bonchev–Trinajstić information content (AvgIpc) is 3.36. The molecule has 0 radical (unpaired) electrons. The van der Waals surface area contributed by atoms with Gasteiger partial charge >= 0.3 is 0 Å². The van der Waals surface area contributed by atoms with Crippen molar-refractivity contribution in [3.63, 3.8) is 0 Å². The summed E-state index contributed by atoms with van der Waals surface area (Å²) in [6.45, 7) is 1.78. The van der Waals surface area contributed by atoms with Crippen molar-refractivity contribution in [1.29, 1.82) is 0 Å². The van der Waals surface area contributed by atoms with Crippen LogP contribution in [-0.2, 0) is 0 Å². The number of aryl methyl sites for hydroxylation is 1. The number of anilines is 1. The normalized spacial score (nSPS) is 11.2. The highest BCUT2D eigenvalue weighted by molar-refractivity contribution is 9.10. The number of ketones is 1. The summed E-state index contributed by atoms with van der Waals surface area (Å²) in [5, 5.41) is 4.73. The van der Waals surface area contributed by atoms with E-state index in [1.54, 1.807) is 74.7 Å². The van der Waals surface area contributed by atoms with Crippen molar-refractivity contribution < 1.29 is 23.2 Å². The zero-order valence-electron chi connectivity index (χ0n) is 18.1. The highest BCUT2D eigenvalue weighted by Crippen LogP contribution is 2.35. The summed E-state index contributed by atoms with van der Waals surface area (Å²) < 4.78 is 17.6. The first-order valence-corrected chi connectivity index (χ1v) is 11.4. The number of carbonyl (C=O) groups excluding carboxylic acids is 2. The molecule has 0 bridgehead atoms. The monoisotopic (exact) mass is 537 g/mol. The van der Waals surface area contributed by atoms with Crippen LogP contribution >= 0.6 is 27.5 Å². The molecule has 0 unspecified atom stereocenters. The van der Waals surface area contributed by atoms with Gasteiger partial charge in [-0.05, 0) is 71.4 Å². The number of methoxy groups -OCH3 is 1. The molecule has 34 heavy (non-hydrogen) atoms. The zero-order valence-corrected chi connectivity index (χ0v) is 20.4. The van der Waals surface area contributed by atoms with Gasteiger partial charge in [-0.15, -0.1) is 0 Å². The molecule has 5 rings (SSSR count). The number of halogens is 2. The number of nitrogens with one attached hydrogen (secondary N) is 1. The molecule has 0 aliphatic heterocycles. The second-order valence-electron chi connectivity index (χ2n) is 7.63. The molecule has 2 aromatic heterocycles. The molecule has 0 aliphatic carbocycles. The van der Waals surface area contributed by atoms with Crippen molar-refractivity contribution in [3.8, 4) is 5.75 Å². The van der Waals surface area contributed by atoms with Crippen LogP contribution in [0.5, 0.6) is 5.75 Å². The molecule has 170 valence electrons. The number of ether oxygens (including phenoxy) is 1. The molecular weight excluding hydrogens is 522 g/mol. The van der Waals surface area contributed by atoms with Crippen LogP contribution in [0, 0.1) is 6.92 Å². The van der Waals surface area contributed by atoms with Crippen LogP contribution in [0.4, 0.5) is 5.69 Å². The molecule has 0 saturated carbocycles. The van der Waals surface area contributed by atoms with Gasteiger partial charge in [0.05, 0.1) is 17.3 Å². The first-order chi connectivity index (χ1) is 16.4. The fraction of sp³-hybridized carbons (Fsp3) is 0.0769. The molecule has 0 saturated heterocycles. The maximum absolute atomic E-state index is 13.4. The Balaban J connectivity index is 1.58. The summed E-state index contributed by atoms with van der Waals surface area (Å²) in [6.07, 6.45) is 0. The van der Waals surface area contributed by atoms with Crippen LogP contribution in [0.2, 0.25) is 5.02 Å². The predicted octanol–water partition coefficient (Wildman–Crippen LogP) is 7.40. The Hall–Kier alpha value is -3.55. The Labute approximate surface area is 207 Å². The minimum Gasteiger partial charge on any atom is -0.496 e. The van der Waals surface area contributed by atoms with E-state index in [-0.39, 0.29) is 23.0 Å². The number of furan rings is 2. The summed E-state index contributed by atoms with van der Waals surface area (Å²) in [5.41, 5.74) is 2.31. The number of para-hydroxylation sites is 1. The number of hydrogen-bond acceptors (Lipinski definition) is 5. The van der Waals surface area contributed by atoms with Crippen molar-refractivity contribution in [1.82, 2.24) is 0 Å². The van der Waals surface area contributed by atoms with Gasteiger partial charge in [0.2, 0.25) is 5.78 Å². The van der Waals surface area contributed by atoms with Crippen LogP contribution in [0.15, 0.2) is 74.0 Å². The van der Waals surface area contributed by atoms with Gasteiger partial charge in [0.15, 0.2) is 11.5 Å². The Morgan fingerprint density at radius 1 is 0.941 bits per heavy atom. The fourth-order valence-corrected chi connectivity index (χ4v) is 4.56. The van der Waals surface area contributed by atoms with E-state index in [1.165, 1.54) is 0 Å². The fourth-order valence-electron chi connectivity index (χ4n) is 3.85. The van der Waals surface area contributed by atoms with E-state index in [4.69, 9.17) is 25.2 Å². The van der Waals surface area contributed by atoms with Gasteiger partial charge in [0, 0.05) is 26.9 Å². The SMILES string of the molecule is COc1ccc(C(=O)c2oc3ccccc3c2NC(=O)c2oc3ccc(Cl)cc3c2C)cc1Br. The van der Waals surface area contributed by atoms with E-state index >= 15 is 0 Å². The lowest BCUT2D eigenvalue weighted by Gasteiger charge is -2.07. The average molecular weight is 539 g/mol. The van der Waals surface area contributed by atoms with Gasteiger partial charge in [0.1, 0.15) is 16.9 Å². The van der Waals surface area contributed by atoms with Gasteiger partial charge in [-0.25, -0.2) is 0 Å². The summed E-state index contributed by atoms with van der Waals surface area (Å²) in [7, 11) is 1.54. The van der Waals surface area contributed by atoms with E-state index in [2.05, 4.69) is 21.2 Å². The lowest BCUT2D eigenvalue weighted by molar-refractivity contribution is 0.0997. The predicted molar refractivity (Wildman–Crippen MR) is 134 cm³/mol. The van der Waals surface area contributed by atoms with Crippen LogP contribution in [0.25, 0.3) is 21.9 Å². The Morgan fingerprint density at radius 2 is 1.68 bits per heavy atom. The van der Waals surface area contributed by atoms with E-state index in [9.17, 15) is 9.59 Å². The highest BCUT2D eigenvalue weighted by atomic mass is 79.9. The lowest BCUT2D eigenvalue weighted by Crippen LogP contribution is -2.14. The molecule has 8 heteroatoms. The third-order valence-corrected chi connectivity index (χ3v) is 6.41. The molecule has 6 nitrogen and oxygen atoms in total. The maximum Gasteiger partial charge on any atom is 0.291 e. The smallest absolute Gasteiger partial charge is 0.291 e. The molecule has 0 spiro atoms. The van der Waals surface area contributed by atoms with Crippen molar-refractivity contribution in [3.05, 3.63) is 92.8 Å². The third kappa shape index (κ3) is 3.77. The minimum absolute atomic E-state index is 0.0171. The number of fused-ring (bicyclic) bond motifs is 2. The van der Waals surface area contributed by atoms with Crippen molar-refractivity contribution >= 4 is 66.8 Å². The summed E-state index contributed by atoms with van der Waals surface area (Å²) in [5.74, 6) is -0.143. The van der Waals surface area contributed by atoms with Crippen molar-refractivity contribution in [2.75, 3.05) is 12.4 Å². The quantitative estimate of drug-likeness (QED) is 0.236. The van der Waals surface area contributed by atoms with Gasteiger partial charge in [-0.2, -0.15) is 0 Å². The van der Waals surface area contributed by atoms with Crippen molar-refractivity contribution in [2.24, 2.45) is 0 Å². The second-order valence-corrected chi connectivity index (χ2v) is 8.92. The van der Waals surface area contributed by atoms with Crippen LogP contribution in [0.1, 0.15) is 32.2 Å². The third-order valence-electron chi connectivity index (χ3n) is 5.56. The van der Waals surface area contributed by atoms with Crippen LogP contribution in [-0.4, -0.2) is 18.8 Å². The van der Waals surface area contributed by atoms with Gasteiger partial charge < -0.3 is 18.9 Å². The Kier molecular flexibility index (Phi) is 5.67. The van der Waals surface area contributed by atoms with E-state index < -0.39 is 5.91 Å². The molecule has 3 aromatic carbocycles. The van der Waals surface area contributed by atoms with Gasteiger partial charge in [-0.1, -0.05) is 23.7 Å². The topological polar surface area (TPSA) is 81.7 Å². The van der Waals surface area contributed by atoms with Gasteiger partial charge in [0.25, 0.3) is 5.91 Å². The standard InChI is InChI=1S/C26H17BrClNO5/c1-13-17-12-15(28)8-10-20(17)33-24(13)26(31)29-22-16-5-3-4-6-19(16)34-25(22)23(30)14-7-9-21(32-2)18(27)11-14/h3-12H,1-2H3,(H,29,31). The maximum atomic E-state index is 13.4. The number of amides is 1. The van der Waals surface area contributed by atoms with Crippen molar-refractivity contribution in [2.45, 2.75) is 6.92 Å². The number of carbonyl (C=O) groups is 2. The van der Waals surface area contributed by atoms with Gasteiger partial charge in [-0.3, -0.25) is 9.59 Å². The first-order valence-electron chi connectivity index (χ1n) is 10.3. The molecule has 0 aliphatic rings. The molecule has 1 N–H and O–H groups in total. The Bertz CT molecular complexity index is 1600. The number of hydrogen-bond donors (Lipinski definition) is 1. The number of benzene rings is 3. The minimum atomic E-state index is -0.499. The highest BCUT2D eigenvalue weighted by Gasteiger charge is 2.26. The molecular formula is C26H17BrClNO5. The molecule has 0 fully saturated rings. The van der Waals surface area contributed by atoms with E-state index in [1.807, 2.05) is 0 Å². The molecule has 1 amide bonds.